The predicted octanol–water partition coefficient (Wildman–Crippen LogP) is 1.78. The minimum atomic E-state index is -1.04. The molecule has 2 rings (SSSR count). The molecule has 0 aromatic carbocycles. The molecule has 0 saturated carbocycles. The van der Waals surface area contributed by atoms with Crippen molar-refractivity contribution in [2.45, 2.75) is 0 Å². The van der Waals surface area contributed by atoms with Gasteiger partial charge in [-0.2, -0.15) is 0 Å². The molecule has 0 radical (unpaired) electrons. The summed E-state index contributed by atoms with van der Waals surface area (Å²) < 4.78 is 4.93. The number of carbonyl (C=O) groups is 1. The lowest BCUT2D eigenvalue weighted by Gasteiger charge is -2.05. The summed E-state index contributed by atoms with van der Waals surface area (Å²) in [5.41, 5.74) is 1.44. The average Bonchev–Trinajstić information content (AvgIpc) is 2.81. The number of hydrogen-bond acceptors (Lipinski definition) is 3. The Morgan fingerprint density at radius 2 is 2.38 bits per heavy atom. The number of H-pyrrole nitrogens is 1. The smallest absolute Gasteiger partial charge is 0.339 e. The van der Waals surface area contributed by atoms with Crippen molar-refractivity contribution in [1.29, 1.82) is 0 Å². The predicted molar refractivity (Wildman–Crippen MR) is 57.5 cm³/mol. The Labute approximate surface area is 91.7 Å². The molecule has 5 nitrogen and oxygen atoms in total. The highest BCUT2D eigenvalue weighted by Gasteiger charge is 2.13. The summed E-state index contributed by atoms with van der Waals surface area (Å²) in [6, 6.07) is 5.12. The number of aromatic amines is 1. The van der Waals surface area contributed by atoms with Crippen LogP contribution < -0.4 is 4.74 Å². The van der Waals surface area contributed by atoms with Crippen molar-refractivity contribution < 1.29 is 14.6 Å². The van der Waals surface area contributed by atoms with Crippen LogP contribution in [0.5, 0.6) is 5.75 Å². The van der Waals surface area contributed by atoms with Gasteiger partial charge in [-0.1, -0.05) is 0 Å². The van der Waals surface area contributed by atoms with Crippen LogP contribution >= 0.6 is 0 Å². The summed E-state index contributed by atoms with van der Waals surface area (Å²) in [7, 11) is 1.41. The van der Waals surface area contributed by atoms with Crippen molar-refractivity contribution in [1.82, 2.24) is 9.97 Å². The minimum Gasteiger partial charge on any atom is -0.494 e. The van der Waals surface area contributed by atoms with Gasteiger partial charge in [-0.3, -0.25) is 4.98 Å². The van der Waals surface area contributed by atoms with E-state index in [2.05, 4.69) is 9.97 Å². The van der Waals surface area contributed by atoms with Gasteiger partial charge in [-0.15, -0.1) is 0 Å². The van der Waals surface area contributed by atoms with Crippen LogP contribution in [0.1, 0.15) is 10.4 Å². The number of nitrogens with one attached hydrogen (secondary N) is 1. The highest BCUT2D eigenvalue weighted by atomic mass is 16.5. The zero-order chi connectivity index (χ0) is 11.5. The van der Waals surface area contributed by atoms with Crippen LogP contribution in [0, 0.1) is 0 Å². The summed E-state index contributed by atoms with van der Waals surface area (Å²) >= 11 is 0. The number of carboxylic acids is 1. The summed E-state index contributed by atoms with van der Waals surface area (Å²) in [6.07, 6.45) is 3.15. The number of aromatic nitrogens is 2. The van der Waals surface area contributed by atoms with E-state index in [9.17, 15) is 4.79 Å². The normalized spacial score (nSPS) is 10.1. The lowest BCUT2D eigenvalue weighted by atomic mass is 10.2. The van der Waals surface area contributed by atoms with E-state index in [-0.39, 0.29) is 11.3 Å². The first kappa shape index (κ1) is 10.2. The third-order valence-electron chi connectivity index (χ3n) is 2.19. The molecule has 2 N–H and O–H groups in total. The molecule has 0 bridgehead atoms. The van der Waals surface area contributed by atoms with Gasteiger partial charge in [0.1, 0.15) is 5.56 Å². The zero-order valence-corrected chi connectivity index (χ0v) is 8.60. The average molecular weight is 218 g/mol. The van der Waals surface area contributed by atoms with E-state index in [1.807, 2.05) is 12.1 Å². The van der Waals surface area contributed by atoms with Gasteiger partial charge in [0.15, 0.2) is 5.75 Å². The van der Waals surface area contributed by atoms with Gasteiger partial charge in [0.2, 0.25) is 0 Å². The Bertz CT molecular complexity index is 506. The molecule has 0 aliphatic rings. The van der Waals surface area contributed by atoms with Crippen LogP contribution in [-0.2, 0) is 0 Å². The lowest BCUT2D eigenvalue weighted by Crippen LogP contribution is -2.02. The summed E-state index contributed by atoms with van der Waals surface area (Å²) in [6.45, 7) is 0. The quantitative estimate of drug-likeness (QED) is 0.823. The van der Waals surface area contributed by atoms with Gasteiger partial charge in [-0.05, 0) is 18.2 Å². The van der Waals surface area contributed by atoms with Crippen LogP contribution in [0.3, 0.4) is 0 Å². The third kappa shape index (κ3) is 1.75. The summed E-state index contributed by atoms with van der Waals surface area (Å²) in [4.78, 5) is 18.1. The Morgan fingerprint density at radius 3 is 2.94 bits per heavy atom. The lowest BCUT2D eigenvalue weighted by molar-refractivity contribution is 0.0693. The number of methoxy groups -OCH3 is 1. The fraction of sp³-hybridized carbons (Fsp3) is 0.0909. The second kappa shape index (κ2) is 4.06. The van der Waals surface area contributed by atoms with E-state index < -0.39 is 5.97 Å². The second-order valence-electron chi connectivity index (χ2n) is 3.16. The van der Waals surface area contributed by atoms with E-state index in [4.69, 9.17) is 9.84 Å². The monoisotopic (exact) mass is 218 g/mol. The first-order chi connectivity index (χ1) is 7.72. The topological polar surface area (TPSA) is 75.2 Å². The molecule has 2 aromatic heterocycles. The second-order valence-corrected chi connectivity index (χ2v) is 3.16. The van der Waals surface area contributed by atoms with Crippen molar-refractivity contribution >= 4 is 5.97 Å². The molecule has 0 aliphatic carbocycles. The molecule has 82 valence electrons. The van der Waals surface area contributed by atoms with Crippen molar-refractivity contribution in [2.75, 3.05) is 7.11 Å². The Balaban J connectivity index is 2.51. The molecule has 0 aliphatic heterocycles. The highest BCUT2D eigenvalue weighted by Crippen LogP contribution is 2.22. The van der Waals surface area contributed by atoms with Crippen LogP contribution in [0.25, 0.3) is 11.4 Å². The van der Waals surface area contributed by atoms with Crippen LogP contribution in [0.2, 0.25) is 0 Å². The number of carboxylic acid groups (broad SMARTS) is 1. The number of hydrogen-bond donors (Lipinski definition) is 2. The van der Waals surface area contributed by atoms with E-state index in [0.29, 0.717) is 5.69 Å². The fourth-order valence-electron chi connectivity index (χ4n) is 1.41. The first-order valence-electron chi connectivity index (χ1n) is 4.63. The van der Waals surface area contributed by atoms with Gasteiger partial charge in [0, 0.05) is 6.20 Å². The molecule has 0 atom stereocenters. The van der Waals surface area contributed by atoms with E-state index in [1.165, 1.54) is 19.4 Å². The molecular formula is C11H10N2O3. The van der Waals surface area contributed by atoms with Gasteiger partial charge < -0.3 is 14.8 Å². The van der Waals surface area contributed by atoms with Crippen molar-refractivity contribution in [3.8, 4) is 17.1 Å². The molecule has 0 saturated heterocycles. The van der Waals surface area contributed by atoms with Crippen LogP contribution in [0.15, 0.2) is 30.6 Å². The van der Waals surface area contributed by atoms with Crippen LogP contribution in [-0.4, -0.2) is 28.2 Å². The maximum Gasteiger partial charge on any atom is 0.339 e. The summed E-state index contributed by atoms with van der Waals surface area (Å²) in [5.74, 6) is -0.783. The molecule has 2 aromatic rings. The van der Waals surface area contributed by atoms with Gasteiger partial charge in [-0.25, -0.2) is 4.79 Å². The van der Waals surface area contributed by atoms with Gasteiger partial charge >= 0.3 is 5.97 Å². The first-order valence-corrected chi connectivity index (χ1v) is 4.63. The van der Waals surface area contributed by atoms with E-state index >= 15 is 0 Å². The largest absolute Gasteiger partial charge is 0.494 e. The number of rotatable bonds is 3. The third-order valence-corrected chi connectivity index (χ3v) is 2.19. The van der Waals surface area contributed by atoms with E-state index in [1.54, 1.807) is 6.20 Å². The van der Waals surface area contributed by atoms with Crippen molar-refractivity contribution in [3.05, 3.63) is 36.2 Å². The SMILES string of the molecule is COc1cnc(-c2ccc[nH]2)cc1C(=O)O. The molecular weight excluding hydrogens is 208 g/mol. The Kier molecular flexibility index (Phi) is 2.59. The molecule has 2 heterocycles. The maximum atomic E-state index is 11.0. The van der Waals surface area contributed by atoms with E-state index in [0.717, 1.165) is 5.69 Å². The molecule has 0 unspecified atom stereocenters. The molecule has 0 fully saturated rings. The summed E-state index contributed by atoms with van der Waals surface area (Å²) in [5, 5.41) is 9.00. The number of ether oxygens (including phenoxy) is 1. The molecule has 0 amide bonds. The van der Waals surface area contributed by atoms with Crippen molar-refractivity contribution in [3.63, 3.8) is 0 Å². The fourth-order valence-corrected chi connectivity index (χ4v) is 1.41. The van der Waals surface area contributed by atoms with Crippen LogP contribution in [0.4, 0.5) is 0 Å². The number of pyridine rings is 1. The van der Waals surface area contributed by atoms with Gasteiger partial charge in [0.25, 0.3) is 0 Å². The Morgan fingerprint density at radius 1 is 1.56 bits per heavy atom. The maximum absolute atomic E-state index is 11.0. The van der Waals surface area contributed by atoms with Crippen molar-refractivity contribution in [2.24, 2.45) is 0 Å². The highest BCUT2D eigenvalue weighted by molar-refractivity contribution is 5.91. The van der Waals surface area contributed by atoms with Gasteiger partial charge in [0.05, 0.1) is 24.7 Å². The molecule has 16 heavy (non-hydrogen) atoms. The number of aromatic carboxylic acids is 1. The molecule has 5 heteroatoms. The standard InChI is InChI=1S/C11H10N2O3/c1-16-10-6-13-9(5-7(10)11(14)15)8-3-2-4-12-8/h2-6,12H,1H3,(H,14,15). The Hall–Kier alpha value is -2.30. The zero-order valence-electron chi connectivity index (χ0n) is 8.60. The molecule has 0 spiro atoms. The number of nitrogens with zero attached hydrogens (tertiary/aromatic N) is 1. The minimum absolute atomic E-state index is 0.0992.